The quantitative estimate of drug-likeness (QED) is 0.543. The Hall–Kier alpha value is -2.73. The van der Waals surface area contributed by atoms with Crippen LogP contribution in [0.1, 0.15) is 0 Å². The monoisotopic (exact) mass is 310 g/mol. The molecule has 3 rings (SSSR count). The van der Waals surface area contributed by atoms with Gasteiger partial charge in [-0.2, -0.15) is 0 Å². The molecule has 0 unspecified atom stereocenters. The van der Waals surface area contributed by atoms with E-state index in [0.29, 0.717) is 11.4 Å². The fourth-order valence-corrected chi connectivity index (χ4v) is 2.40. The number of H-pyrrole nitrogens is 1. The normalized spacial score (nSPS) is 11.3. The lowest BCUT2D eigenvalue weighted by molar-refractivity contribution is 0.425. The molecule has 1 heterocycles. The number of anilines is 3. The number of hydrogen-bond acceptors (Lipinski definition) is 5. The van der Waals surface area contributed by atoms with Crippen LogP contribution in [0.3, 0.4) is 0 Å². The molecular weight excluding hydrogens is 288 g/mol. The Balaban J connectivity index is 1.85. The lowest BCUT2D eigenvalue weighted by atomic mass is 10.1. The molecule has 0 aliphatic rings. The maximum atomic E-state index is 5.87. The highest BCUT2D eigenvalue weighted by atomic mass is 15.1. The lowest BCUT2D eigenvalue weighted by Gasteiger charge is -2.11. The van der Waals surface area contributed by atoms with Crippen molar-refractivity contribution in [1.82, 2.24) is 14.9 Å². The zero-order chi connectivity index (χ0) is 16.4. The summed E-state index contributed by atoms with van der Waals surface area (Å²) in [6.45, 7) is 1.88. The molecule has 1 aromatic heterocycles. The van der Waals surface area contributed by atoms with Gasteiger partial charge >= 0.3 is 0 Å². The minimum atomic E-state index is 0.564. The van der Waals surface area contributed by atoms with Gasteiger partial charge in [0.2, 0.25) is 0 Å². The van der Waals surface area contributed by atoms with Crippen molar-refractivity contribution in [3.63, 3.8) is 0 Å². The Morgan fingerprint density at radius 1 is 1.09 bits per heavy atom. The highest BCUT2D eigenvalue weighted by Gasteiger charge is 2.07. The Morgan fingerprint density at radius 3 is 2.65 bits per heavy atom. The summed E-state index contributed by atoms with van der Waals surface area (Å²) in [5.74, 6) is 0.789. The lowest BCUT2D eigenvalue weighted by Crippen LogP contribution is -2.20. The van der Waals surface area contributed by atoms with Crippen molar-refractivity contribution in [2.24, 2.45) is 0 Å². The molecule has 0 radical (unpaired) electrons. The second kappa shape index (κ2) is 6.18. The van der Waals surface area contributed by atoms with Gasteiger partial charge in [-0.05, 0) is 50.5 Å². The molecule has 6 nitrogen and oxygen atoms in total. The van der Waals surface area contributed by atoms with E-state index in [2.05, 4.69) is 40.3 Å². The first kappa shape index (κ1) is 15.2. The van der Waals surface area contributed by atoms with Crippen LogP contribution in [0.15, 0.2) is 36.4 Å². The van der Waals surface area contributed by atoms with Crippen LogP contribution in [0.4, 0.5) is 17.1 Å². The number of nitrogen functional groups attached to an aromatic ring is 2. The average molecular weight is 310 g/mol. The van der Waals surface area contributed by atoms with E-state index in [4.69, 9.17) is 11.5 Å². The Morgan fingerprint density at radius 2 is 1.91 bits per heavy atom. The maximum Gasteiger partial charge on any atom is 0.138 e. The number of likely N-dealkylation sites (N-methyl/N-ethyl adjacent to an activating group) is 1. The molecule has 23 heavy (non-hydrogen) atoms. The van der Waals surface area contributed by atoms with Gasteiger partial charge in [-0.25, -0.2) is 4.98 Å². The van der Waals surface area contributed by atoms with Crippen LogP contribution in [0.2, 0.25) is 0 Å². The summed E-state index contributed by atoms with van der Waals surface area (Å²) >= 11 is 0. The first-order valence-corrected chi connectivity index (χ1v) is 7.56. The summed E-state index contributed by atoms with van der Waals surface area (Å²) in [6.07, 6.45) is 0. The average Bonchev–Trinajstić information content (AvgIpc) is 2.93. The number of rotatable bonds is 5. The molecule has 0 fully saturated rings. The SMILES string of the molecule is CN(C)CCNc1ccc2nc(-c3ccc(N)c(N)c3)[nH]c2c1. The van der Waals surface area contributed by atoms with Crippen molar-refractivity contribution < 1.29 is 0 Å². The molecule has 2 aromatic carbocycles. The van der Waals surface area contributed by atoms with Crippen molar-refractivity contribution in [3.05, 3.63) is 36.4 Å². The minimum absolute atomic E-state index is 0.564. The van der Waals surface area contributed by atoms with E-state index >= 15 is 0 Å². The molecule has 0 saturated carbocycles. The molecule has 6 heteroatoms. The van der Waals surface area contributed by atoms with E-state index in [1.807, 2.05) is 24.3 Å². The van der Waals surface area contributed by atoms with Gasteiger partial charge < -0.3 is 26.7 Å². The topological polar surface area (TPSA) is 96.0 Å². The standard InChI is InChI=1S/C17H22N6/c1-23(2)8-7-20-12-4-6-15-16(10-12)22-17(21-15)11-3-5-13(18)14(19)9-11/h3-6,9-10,20H,7-8,18-19H2,1-2H3,(H,21,22). The van der Waals surface area contributed by atoms with Crippen LogP contribution in [0.25, 0.3) is 22.4 Å². The molecule has 0 aliphatic carbocycles. The number of nitrogens with zero attached hydrogens (tertiary/aromatic N) is 2. The molecule has 0 aliphatic heterocycles. The van der Waals surface area contributed by atoms with Gasteiger partial charge in [0, 0.05) is 24.3 Å². The zero-order valence-corrected chi connectivity index (χ0v) is 13.4. The van der Waals surface area contributed by atoms with Gasteiger partial charge in [-0.3, -0.25) is 0 Å². The molecule has 0 spiro atoms. The Bertz CT molecular complexity index is 821. The highest BCUT2D eigenvalue weighted by molar-refractivity contribution is 5.83. The van der Waals surface area contributed by atoms with Gasteiger partial charge in [0.1, 0.15) is 5.82 Å². The van der Waals surface area contributed by atoms with Crippen molar-refractivity contribution >= 4 is 28.1 Å². The number of nitrogens with one attached hydrogen (secondary N) is 2. The number of hydrogen-bond donors (Lipinski definition) is 4. The number of benzene rings is 2. The van der Waals surface area contributed by atoms with Crippen molar-refractivity contribution in [1.29, 1.82) is 0 Å². The second-order valence-electron chi connectivity index (χ2n) is 5.89. The molecule has 0 saturated heterocycles. The Labute approximate surface area is 135 Å². The largest absolute Gasteiger partial charge is 0.397 e. The predicted octanol–water partition coefficient (Wildman–Crippen LogP) is 2.37. The van der Waals surface area contributed by atoms with E-state index in [9.17, 15) is 0 Å². The zero-order valence-electron chi connectivity index (χ0n) is 13.4. The number of aromatic amines is 1. The van der Waals surface area contributed by atoms with Crippen molar-refractivity contribution in [2.75, 3.05) is 44.0 Å². The number of imidazole rings is 1. The van der Waals surface area contributed by atoms with E-state index in [-0.39, 0.29) is 0 Å². The van der Waals surface area contributed by atoms with E-state index < -0.39 is 0 Å². The van der Waals surface area contributed by atoms with Crippen LogP contribution >= 0.6 is 0 Å². The fraction of sp³-hybridized carbons (Fsp3) is 0.235. The predicted molar refractivity (Wildman–Crippen MR) is 97.4 cm³/mol. The summed E-state index contributed by atoms with van der Waals surface area (Å²) in [4.78, 5) is 10.1. The van der Waals surface area contributed by atoms with Crippen LogP contribution in [-0.2, 0) is 0 Å². The molecule has 6 N–H and O–H groups in total. The van der Waals surface area contributed by atoms with Gasteiger partial charge in [-0.1, -0.05) is 0 Å². The summed E-state index contributed by atoms with van der Waals surface area (Å²) in [6, 6.07) is 11.7. The second-order valence-corrected chi connectivity index (χ2v) is 5.89. The van der Waals surface area contributed by atoms with Crippen LogP contribution in [0.5, 0.6) is 0 Å². The smallest absolute Gasteiger partial charge is 0.138 e. The van der Waals surface area contributed by atoms with Gasteiger partial charge in [0.25, 0.3) is 0 Å². The molecule has 0 atom stereocenters. The molecule has 0 amide bonds. The van der Waals surface area contributed by atoms with Crippen LogP contribution < -0.4 is 16.8 Å². The first-order chi connectivity index (χ1) is 11.0. The summed E-state index contributed by atoms with van der Waals surface area (Å²) in [7, 11) is 4.12. The maximum absolute atomic E-state index is 5.87. The first-order valence-electron chi connectivity index (χ1n) is 7.56. The third kappa shape index (κ3) is 3.37. The third-order valence-electron chi connectivity index (χ3n) is 3.73. The molecular formula is C17H22N6. The molecule has 0 bridgehead atoms. The Kier molecular flexibility index (Phi) is 4.08. The van der Waals surface area contributed by atoms with Gasteiger partial charge in [-0.15, -0.1) is 0 Å². The molecule has 3 aromatic rings. The van der Waals surface area contributed by atoms with Gasteiger partial charge in [0.05, 0.1) is 22.4 Å². The van der Waals surface area contributed by atoms with Crippen molar-refractivity contribution in [3.8, 4) is 11.4 Å². The third-order valence-corrected chi connectivity index (χ3v) is 3.73. The van der Waals surface area contributed by atoms with E-state index in [1.165, 1.54) is 0 Å². The number of nitrogens with two attached hydrogens (primary N) is 2. The van der Waals surface area contributed by atoms with Crippen LogP contribution in [-0.4, -0.2) is 42.1 Å². The highest BCUT2D eigenvalue weighted by Crippen LogP contribution is 2.26. The van der Waals surface area contributed by atoms with Crippen molar-refractivity contribution in [2.45, 2.75) is 0 Å². The number of aromatic nitrogens is 2. The summed E-state index contributed by atoms with van der Waals surface area (Å²) < 4.78 is 0. The van der Waals surface area contributed by atoms with E-state index in [0.717, 1.165) is 41.2 Å². The number of fused-ring (bicyclic) bond motifs is 1. The molecule has 120 valence electrons. The fourth-order valence-electron chi connectivity index (χ4n) is 2.40. The summed E-state index contributed by atoms with van der Waals surface area (Å²) in [5.41, 5.74) is 16.7. The summed E-state index contributed by atoms with van der Waals surface area (Å²) in [5, 5.41) is 3.41. The van der Waals surface area contributed by atoms with Gasteiger partial charge in [0.15, 0.2) is 0 Å². The van der Waals surface area contributed by atoms with E-state index in [1.54, 1.807) is 6.07 Å². The minimum Gasteiger partial charge on any atom is -0.397 e. The van der Waals surface area contributed by atoms with Crippen LogP contribution in [0, 0.1) is 0 Å².